The number of furan rings is 1. The maximum Gasteiger partial charge on any atom is 0.420 e. The first-order chi connectivity index (χ1) is 11.4. The van der Waals surface area contributed by atoms with Crippen molar-refractivity contribution in [3.8, 4) is 0 Å². The third-order valence-electron chi connectivity index (χ3n) is 4.80. The summed E-state index contributed by atoms with van der Waals surface area (Å²) in [6.45, 7) is 2.96. The number of amides is 1. The van der Waals surface area contributed by atoms with Crippen LogP contribution in [0.4, 0.5) is 13.2 Å². The second kappa shape index (κ2) is 5.47. The molecule has 4 rings (SSSR count). The van der Waals surface area contributed by atoms with E-state index in [-0.39, 0.29) is 28.6 Å². The van der Waals surface area contributed by atoms with Crippen LogP contribution in [0.2, 0.25) is 0 Å². The van der Waals surface area contributed by atoms with Crippen molar-refractivity contribution in [2.24, 2.45) is 5.92 Å². The Morgan fingerprint density at radius 1 is 1.38 bits per heavy atom. The van der Waals surface area contributed by atoms with Crippen LogP contribution in [0.25, 0.3) is 11.0 Å². The Labute approximate surface area is 135 Å². The van der Waals surface area contributed by atoms with Crippen molar-refractivity contribution in [3.05, 3.63) is 29.8 Å². The molecule has 0 radical (unpaired) electrons. The Morgan fingerprint density at radius 2 is 2.21 bits per heavy atom. The second-order valence-electron chi connectivity index (χ2n) is 6.53. The minimum atomic E-state index is -4.51. The van der Waals surface area contributed by atoms with Crippen LogP contribution in [0.3, 0.4) is 0 Å². The molecule has 2 fully saturated rings. The van der Waals surface area contributed by atoms with Gasteiger partial charge in [0.25, 0.3) is 5.91 Å². The SMILES string of the molecule is O=C(NC1CC2CCN(C2)C1)c1cc2occ(C(F)(F)F)c2cn1. The fourth-order valence-corrected chi connectivity index (χ4v) is 3.69. The van der Waals surface area contributed by atoms with Gasteiger partial charge in [-0.25, -0.2) is 0 Å². The predicted octanol–water partition coefficient (Wildman–Crippen LogP) is 2.67. The largest absolute Gasteiger partial charge is 0.464 e. The Bertz CT molecular complexity index is 774. The first kappa shape index (κ1) is 15.4. The molecular weight excluding hydrogens is 323 g/mol. The number of hydrogen-bond acceptors (Lipinski definition) is 4. The Morgan fingerprint density at radius 3 is 2.96 bits per heavy atom. The van der Waals surface area contributed by atoms with Gasteiger partial charge in [-0.2, -0.15) is 13.2 Å². The molecule has 0 saturated carbocycles. The molecule has 0 aliphatic carbocycles. The summed E-state index contributed by atoms with van der Waals surface area (Å²) in [5.74, 6) is 0.230. The number of piperidine rings is 1. The summed E-state index contributed by atoms with van der Waals surface area (Å²) in [7, 11) is 0. The summed E-state index contributed by atoms with van der Waals surface area (Å²) in [5.41, 5.74) is -0.804. The van der Waals surface area contributed by atoms with E-state index in [0.29, 0.717) is 12.2 Å². The lowest BCUT2D eigenvalue weighted by Gasteiger charge is -2.30. The van der Waals surface area contributed by atoms with Crippen LogP contribution < -0.4 is 5.32 Å². The molecule has 2 aromatic rings. The molecule has 2 aromatic heterocycles. The molecular formula is C16H16F3N3O2. The molecule has 3 unspecified atom stereocenters. The molecule has 2 bridgehead atoms. The lowest BCUT2D eigenvalue weighted by molar-refractivity contribution is -0.136. The fraction of sp³-hybridized carbons (Fsp3) is 0.500. The summed E-state index contributed by atoms with van der Waals surface area (Å²) in [6, 6.07) is 1.32. The van der Waals surface area contributed by atoms with Crippen LogP contribution in [0, 0.1) is 5.92 Å². The van der Waals surface area contributed by atoms with E-state index < -0.39 is 11.7 Å². The summed E-state index contributed by atoms with van der Waals surface area (Å²) in [6.07, 6.45) is -0.718. The van der Waals surface area contributed by atoms with Crippen molar-refractivity contribution in [2.75, 3.05) is 19.6 Å². The minimum Gasteiger partial charge on any atom is -0.464 e. The van der Waals surface area contributed by atoms with Crippen LogP contribution in [0.1, 0.15) is 28.9 Å². The highest BCUT2D eigenvalue weighted by Crippen LogP contribution is 2.35. The van der Waals surface area contributed by atoms with Gasteiger partial charge < -0.3 is 14.6 Å². The zero-order valence-corrected chi connectivity index (χ0v) is 12.8. The number of fused-ring (bicyclic) bond motifs is 3. The minimum absolute atomic E-state index is 0.00920. The molecule has 0 spiro atoms. The molecule has 1 N–H and O–H groups in total. The number of carbonyl (C=O) groups excluding carboxylic acids is 1. The van der Waals surface area contributed by atoms with Crippen LogP contribution in [-0.4, -0.2) is 41.5 Å². The highest BCUT2D eigenvalue weighted by atomic mass is 19.4. The van der Waals surface area contributed by atoms with E-state index in [9.17, 15) is 18.0 Å². The molecule has 2 aliphatic rings. The first-order valence-corrected chi connectivity index (χ1v) is 7.88. The van der Waals surface area contributed by atoms with E-state index >= 15 is 0 Å². The van der Waals surface area contributed by atoms with Crippen molar-refractivity contribution in [2.45, 2.75) is 25.1 Å². The number of nitrogens with one attached hydrogen (secondary N) is 1. The van der Waals surface area contributed by atoms with Crippen molar-refractivity contribution in [3.63, 3.8) is 0 Å². The maximum absolute atomic E-state index is 12.8. The molecule has 3 atom stereocenters. The lowest BCUT2D eigenvalue weighted by Crippen LogP contribution is -2.47. The number of aromatic nitrogens is 1. The number of nitrogens with zero attached hydrogens (tertiary/aromatic N) is 2. The third-order valence-corrected chi connectivity index (χ3v) is 4.80. The normalized spacial score (nSPS) is 26.7. The Balaban J connectivity index is 1.52. The molecule has 1 amide bonds. The Kier molecular flexibility index (Phi) is 3.52. The predicted molar refractivity (Wildman–Crippen MR) is 79.4 cm³/mol. The average Bonchev–Trinajstić information content (AvgIpc) is 3.09. The van der Waals surface area contributed by atoms with Crippen molar-refractivity contribution in [1.29, 1.82) is 0 Å². The third kappa shape index (κ3) is 2.75. The van der Waals surface area contributed by atoms with E-state index in [0.717, 1.165) is 38.7 Å². The van der Waals surface area contributed by atoms with Gasteiger partial charge in [0.05, 0.1) is 5.39 Å². The van der Waals surface area contributed by atoms with Gasteiger partial charge in [-0.3, -0.25) is 9.78 Å². The standard InChI is InChI=1S/C16H16F3N3O2/c17-16(18,19)12-8-24-14-4-13(20-5-11(12)14)15(23)21-10-3-9-1-2-22(6-9)7-10/h4-5,8-10H,1-3,6-7H2,(H,21,23). The number of carbonyl (C=O) groups is 1. The first-order valence-electron chi connectivity index (χ1n) is 7.88. The van der Waals surface area contributed by atoms with Crippen molar-refractivity contribution in [1.82, 2.24) is 15.2 Å². The van der Waals surface area contributed by atoms with Gasteiger partial charge in [-0.15, -0.1) is 0 Å². The van der Waals surface area contributed by atoms with Crippen LogP contribution in [0.15, 0.2) is 22.9 Å². The summed E-state index contributed by atoms with van der Waals surface area (Å²) < 4.78 is 43.4. The molecule has 2 saturated heterocycles. The number of alkyl halides is 3. The molecule has 0 aromatic carbocycles. The van der Waals surface area contributed by atoms with Gasteiger partial charge in [-0.05, 0) is 25.3 Å². The maximum atomic E-state index is 12.8. The van der Waals surface area contributed by atoms with Crippen molar-refractivity contribution < 1.29 is 22.4 Å². The Hall–Kier alpha value is -2.09. The molecule has 5 nitrogen and oxygen atoms in total. The van der Waals surface area contributed by atoms with E-state index in [1.54, 1.807) is 0 Å². The van der Waals surface area contributed by atoms with Crippen LogP contribution in [-0.2, 0) is 6.18 Å². The summed E-state index contributed by atoms with van der Waals surface area (Å²) >= 11 is 0. The summed E-state index contributed by atoms with van der Waals surface area (Å²) in [4.78, 5) is 18.5. The molecule has 4 heterocycles. The highest BCUT2D eigenvalue weighted by Gasteiger charge is 2.35. The van der Waals surface area contributed by atoms with Crippen LogP contribution in [0.5, 0.6) is 0 Å². The zero-order valence-electron chi connectivity index (χ0n) is 12.8. The average molecular weight is 339 g/mol. The van der Waals surface area contributed by atoms with Gasteiger partial charge in [0.15, 0.2) is 0 Å². The van der Waals surface area contributed by atoms with Gasteiger partial charge >= 0.3 is 6.18 Å². The molecule has 2 aliphatic heterocycles. The number of hydrogen-bond donors (Lipinski definition) is 1. The lowest BCUT2D eigenvalue weighted by atomic mass is 9.97. The van der Waals surface area contributed by atoms with Crippen molar-refractivity contribution >= 4 is 16.9 Å². The smallest absolute Gasteiger partial charge is 0.420 e. The molecule has 24 heavy (non-hydrogen) atoms. The van der Waals surface area contributed by atoms with Crippen LogP contribution >= 0.6 is 0 Å². The van der Waals surface area contributed by atoms with E-state index in [4.69, 9.17) is 4.42 Å². The number of halogens is 3. The van der Waals surface area contributed by atoms with E-state index in [1.807, 2.05) is 0 Å². The molecule has 128 valence electrons. The second-order valence-corrected chi connectivity index (χ2v) is 6.53. The van der Waals surface area contributed by atoms with Gasteiger partial charge in [0.1, 0.15) is 23.1 Å². The number of rotatable bonds is 2. The topological polar surface area (TPSA) is 58.4 Å². The highest BCUT2D eigenvalue weighted by molar-refractivity contribution is 5.96. The molecule has 8 heteroatoms. The van der Waals surface area contributed by atoms with Gasteiger partial charge in [-0.1, -0.05) is 0 Å². The van der Waals surface area contributed by atoms with Gasteiger partial charge in [0, 0.05) is 31.4 Å². The fourth-order valence-electron chi connectivity index (χ4n) is 3.69. The number of pyridine rings is 1. The van der Waals surface area contributed by atoms with E-state index in [1.165, 1.54) is 6.07 Å². The quantitative estimate of drug-likeness (QED) is 0.914. The van der Waals surface area contributed by atoms with E-state index in [2.05, 4.69) is 15.2 Å². The zero-order chi connectivity index (χ0) is 16.9. The summed E-state index contributed by atoms with van der Waals surface area (Å²) in [5, 5.41) is 2.79. The monoisotopic (exact) mass is 339 g/mol. The van der Waals surface area contributed by atoms with Gasteiger partial charge in [0.2, 0.25) is 0 Å².